The number of aryl methyl sites for hydroxylation is 1. The zero-order chi connectivity index (χ0) is 13.8. The molecule has 1 unspecified atom stereocenters. The average molecular weight is 272 g/mol. The van der Waals surface area contributed by atoms with Crippen LogP contribution in [-0.2, 0) is 6.42 Å². The first-order chi connectivity index (χ1) is 9.83. The van der Waals surface area contributed by atoms with E-state index in [1.807, 2.05) is 0 Å². The molecule has 2 aliphatic rings. The number of carbonyl (C=O) groups excluding carboxylic acids is 1. The number of urea groups is 1. The van der Waals surface area contributed by atoms with E-state index in [0.717, 1.165) is 25.7 Å². The van der Waals surface area contributed by atoms with Gasteiger partial charge in [0.15, 0.2) is 0 Å². The van der Waals surface area contributed by atoms with Gasteiger partial charge in [-0.25, -0.2) is 4.79 Å². The van der Waals surface area contributed by atoms with Crippen LogP contribution in [0, 0.1) is 0 Å². The molecule has 1 aromatic carbocycles. The minimum Gasteiger partial charge on any atom is -0.335 e. The van der Waals surface area contributed by atoms with Crippen LogP contribution in [-0.4, -0.2) is 12.1 Å². The van der Waals surface area contributed by atoms with Crippen LogP contribution in [0.3, 0.4) is 0 Å². The van der Waals surface area contributed by atoms with Crippen molar-refractivity contribution in [2.24, 2.45) is 0 Å². The molecule has 2 aliphatic carbocycles. The van der Waals surface area contributed by atoms with Crippen LogP contribution in [0.4, 0.5) is 4.79 Å². The van der Waals surface area contributed by atoms with E-state index >= 15 is 0 Å². The monoisotopic (exact) mass is 272 g/mol. The van der Waals surface area contributed by atoms with Crippen LogP contribution in [0.15, 0.2) is 24.3 Å². The van der Waals surface area contributed by atoms with E-state index in [9.17, 15) is 4.79 Å². The van der Waals surface area contributed by atoms with Crippen molar-refractivity contribution >= 4 is 6.03 Å². The third kappa shape index (κ3) is 3.14. The maximum absolute atomic E-state index is 12.2. The molecule has 0 spiro atoms. The molecule has 0 aromatic heterocycles. The summed E-state index contributed by atoms with van der Waals surface area (Å²) in [6.45, 7) is 0. The van der Waals surface area contributed by atoms with Gasteiger partial charge in [-0.2, -0.15) is 0 Å². The van der Waals surface area contributed by atoms with Crippen LogP contribution in [0.5, 0.6) is 0 Å². The summed E-state index contributed by atoms with van der Waals surface area (Å²) in [4.78, 5) is 12.2. The van der Waals surface area contributed by atoms with Crippen LogP contribution in [0.1, 0.15) is 62.1 Å². The Morgan fingerprint density at radius 2 is 1.70 bits per heavy atom. The van der Waals surface area contributed by atoms with E-state index in [2.05, 4.69) is 34.9 Å². The molecule has 0 aliphatic heterocycles. The smallest absolute Gasteiger partial charge is 0.315 e. The van der Waals surface area contributed by atoms with Crippen LogP contribution in [0.25, 0.3) is 0 Å². The lowest BCUT2D eigenvalue weighted by molar-refractivity contribution is 0.231. The highest BCUT2D eigenvalue weighted by Crippen LogP contribution is 2.30. The van der Waals surface area contributed by atoms with Crippen molar-refractivity contribution in [3.05, 3.63) is 35.4 Å². The van der Waals surface area contributed by atoms with Gasteiger partial charge in [0.25, 0.3) is 0 Å². The van der Waals surface area contributed by atoms with Crippen molar-refractivity contribution in [3.8, 4) is 0 Å². The first kappa shape index (κ1) is 13.5. The highest BCUT2D eigenvalue weighted by molar-refractivity contribution is 5.75. The fraction of sp³-hybridized carbons (Fsp3) is 0.588. The fourth-order valence-corrected chi connectivity index (χ4v) is 3.52. The molecule has 0 radical (unpaired) electrons. The zero-order valence-electron chi connectivity index (χ0n) is 12.0. The summed E-state index contributed by atoms with van der Waals surface area (Å²) in [5.41, 5.74) is 2.68. The highest BCUT2D eigenvalue weighted by atomic mass is 16.2. The quantitative estimate of drug-likeness (QED) is 0.792. The van der Waals surface area contributed by atoms with Crippen LogP contribution < -0.4 is 10.6 Å². The highest BCUT2D eigenvalue weighted by Gasteiger charge is 2.24. The molecular formula is C17H24N2O. The van der Waals surface area contributed by atoms with Crippen molar-refractivity contribution in [2.75, 3.05) is 0 Å². The minimum atomic E-state index is 0.0126. The predicted octanol–water partition coefficient (Wildman–Crippen LogP) is 3.70. The summed E-state index contributed by atoms with van der Waals surface area (Å²) in [6, 6.07) is 9.01. The Kier molecular flexibility index (Phi) is 4.24. The van der Waals surface area contributed by atoms with Gasteiger partial charge >= 0.3 is 6.03 Å². The lowest BCUT2D eigenvalue weighted by atomic mass is 10.1. The molecule has 0 heterocycles. The van der Waals surface area contributed by atoms with Crippen molar-refractivity contribution < 1.29 is 4.79 Å². The van der Waals surface area contributed by atoms with Gasteiger partial charge in [-0.1, -0.05) is 49.9 Å². The maximum atomic E-state index is 12.2. The van der Waals surface area contributed by atoms with Gasteiger partial charge in [0, 0.05) is 6.04 Å². The summed E-state index contributed by atoms with van der Waals surface area (Å²) in [5.74, 6) is 0. The van der Waals surface area contributed by atoms with E-state index < -0.39 is 0 Å². The van der Waals surface area contributed by atoms with Gasteiger partial charge in [0.2, 0.25) is 0 Å². The lowest BCUT2D eigenvalue weighted by Gasteiger charge is -2.20. The van der Waals surface area contributed by atoms with E-state index in [1.54, 1.807) is 0 Å². The van der Waals surface area contributed by atoms with Crippen molar-refractivity contribution in [1.82, 2.24) is 10.6 Å². The molecule has 0 saturated heterocycles. The topological polar surface area (TPSA) is 41.1 Å². The number of fused-ring (bicyclic) bond motifs is 1. The Balaban J connectivity index is 1.54. The molecule has 3 rings (SSSR count). The zero-order valence-corrected chi connectivity index (χ0v) is 12.0. The third-order valence-corrected chi connectivity index (χ3v) is 4.63. The number of amides is 2. The number of nitrogens with one attached hydrogen (secondary N) is 2. The molecular weight excluding hydrogens is 248 g/mol. The molecule has 3 heteroatoms. The molecule has 108 valence electrons. The number of hydrogen-bond acceptors (Lipinski definition) is 1. The Morgan fingerprint density at radius 3 is 2.50 bits per heavy atom. The lowest BCUT2D eigenvalue weighted by Crippen LogP contribution is -2.42. The molecule has 2 N–H and O–H groups in total. The van der Waals surface area contributed by atoms with Crippen molar-refractivity contribution in [3.63, 3.8) is 0 Å². The largest absolute Gasteiger partial charge is 0.335 e. The molecule has 1 fully saturated rings. The summed E-state index contributed by atoms with van der Waals surface area (Å²) in [7, 11) is 0. The number of carbonyl (C=O) groups is 1. The molecule has 1 atom stereocenters. The van der Waals surface area contributed by atoms with Gasteiger partial charge in [0.05, 0.1) is 6.04 Å². The van der Waals surface area contributed by atoms with Crippen molar-refractivity contribution in [2.45, 2.75) is 63.5 Å². The first-order valence-electron chi connectivity index (χ1n) is 7.98. The summed E-state index contributed by atoms with van der Waals surface area (Å²) >= 11 is 0. The Hall–Kier alpha value is -1.51. The molecule has 1 saturated carbocycles. The second-order valence-electron chi connectivity index (χ2n) is 6.10. The predicted molar refractivity (Wildman–Crippen MR) is 80.7 cm³/mol. The Bertz CT molecular complexity index is 464. The summed E-state index contributed by atoms with van der Waals surface area (Å²) in [5, 5.41) is 6.32. The van der Waals surface area contributed by atoms with E-state index in [1.165, 1.54) is 36.8 Å². The molecule has 2 amide bonds. The van der Waals surface area contributed by atoms with Gasteiger partial charge in [-0.3, -0.25) is 0 Å². The second kappa shape index (κ2) is 6.29. The first-order valence-corrected chi connectivity index (χ1v) is 7.98. The summed E-state index contributed by atoms with van der Waals surface area (Å²) in [6.07, 6.45) is 9.49. The van der Waals surface area contributed by atoms with Gasteiger partial charge in [-0.05, 0) is 36.8 Å². The van der Waals surface area contributed by atoms with Crippen LogP contribution in [0.2, 0.25) is 0 Å². The molecule has 20 heavy (non-hydrogen) atoms. The normalized spacial score (nSPS) is 22.9. The number of benzene rings is 1. The SMILES string of the molecule is O=C(NC1CCCCCC1)NC1CCc2ccccc21. The van der Waals surface area contributed by atoms with Gasteiger partial charge in [-0.15, -0.1) is 0 Å². The van der Waals surface area contributed by atoms with E-state index in [-0.39, 0.29) is 12.1 Å². The molecule has 1 aromatic rings. The van der Waals surface area contributed by atoms with Crippen molar-refractivity contribution in [1.29, 1.82) is 0 Å². The maximum Gasteiger partial charge on any atom is 0.315 e. The number of hydrogen-bond donors (Lipinski definition) is 2. The standard InChI is InChI=1S/C17H24N2O/c20-17(18-14-8-3-1-2-4-9-14)19-16-12-11-13-7-5-6-10-15(13)16/h5-7,10,14,16H,1-4,8-9,11-12H2,(H2,18,19,20). The van der Waals surface area contributed by atoms with Gasteiger partial charge < -0.3 is 10.6 Å². The third-order valence-electron chi connectivity index (χ3n) is 4.63. The second-order valence-corrected chi connectivity index (χ2v) is 6.10. The molecule has 0 bridgehead atoms. The molecule has 3 nitrogen and oxygen atoms in total. The fourth-order valence-electron chi connectivity index (χ4n) is 3.52. The average Bonchev–Trinajstić information content (AvgIpc) is 2.68. The Labute approximate surface area is 121 Å². The van der Waals surface area contributed by atoms with Gasteiger partial charge in [0.1, 0.15) is 0 Å². The summed E-state index contributed by atoms with van der Waals surface area (Å²) < 4.78 is 0. The Morgan fingerprint density at radius 1 is 0.950 bits per heavy atom. The number of rotatable bonds is 2. The minimum absolute atomic E-state index is 0.0126. The van der Waals surface area contributed by atoms with E-state index in [4.69, 9.17) is 0 Å². The van der Waals surface area contributed by atoms with Crippen LogP contribution >= 0.6 is 0 Å². The van der Waals surface area contributed by atoms with E-state index in [0.29, 0.717) is 6.04 Å².